The molecule has 0 aliphatic rings. The third-order valence-electron chi connectivity index (χ3n) is 3.99. The summed E-state index contributed by atoms with van der Waals surface area (Å²) in [5, 5.41) is 12.2. The summed E-state index contributed by atoms with van der Waals surface area (Å²) in [6, 6.07) is -0.0287. The topological polar surface area (TPSA) is 75.4 Å². The number of amides is 1. The molecule has 0 spiro atoms. The van der Waals surface area contributed by atoms with Gasteiger partial charge in [-0.05, 0) is 24.7 Å². The minimum atomic E-state index is -0.473. The van der Waals surface area contributed by atoms with Crippen LogP contribution in [0, 0.1) is 10.8 Å². The van der Waals surface area contributed by atoms with E-state index in [0.29, 0.717) is 13.0 Å². The van der Waals surface area contributed by atoms with E-state index >= 15 is 0 Å². The zero-order chi connectivity index (χ0) is 14.4. The Labute approximate surface area is 111 Å². The van der Waals surface area contributed by atoms with Crippen molar-refractivity contribution in [3.63, 3.8) is 0 Å². The Balaban J connectivity index is 4.88. The van der Waals surface area contributed by atoms with Gasteiger partial charge in [0.25, 0.3) is 0 Å². The zero-order valence-corrected chi connectivity index (χ0v) is 12.5. The largest absolute Gasteiger partial charge is 0.396 e. The number of nitrogens with two attached hydrogens (primary N) is 1. The number of nitrogens with one attached hydrogen (secondary N) is 1. The van der Waals surface area contributed by atoms with Gasteiger partial charge in [0, 0.05) is 19.2 Å². The first kappa shape index (κ1) is 17.4. The van der Waals surface area contributed by atoms with E-state index in [0.717, 1.165) is 12.8 Å². The molecule has 0 rings (SSSR count). The molecule has 0 saturated carbocycles. The molecule has 4 N–H and O–H groups in total. The fourth-order valence-corrected chi connectivity index (χ4v) is 2.11. The summed E-state index contributed by atoms with van der Waals surface area (Å²) in [5.41, 5.74) is 5.24. The van der Waals surface area contributed by atoms with Gasteiger partial charge in [-0.3, -0.25) is 4.79 Å². The summed E-state index contributed by atoms with van der Waals surface area (Å²) >= 11 is 0. The van der Waals surface area contributed by atoms with Crippen LogP contribution in [0.5, 0.6) is 0 Å². The van der Waals surface area contributed by atoms with Crippen molar-refractivity contribution in [3.8, 4) is 0 Å². The van der Waals surface area contributed by atoms with Crippen molar-refractivity contribution in [3.05, 3.63) is 0 Å². The highest BCUT2D eigenvalue weighted by atomic mass is 16.3. The van der Waals surface area contributed by atoms with Crippen molar-refractivity contribution < 1.29 is 9.90 Å². The molecule has 0 aromatic carbocycles. The summed E-state index contributed by atoms with van der Waals surface area (Å²) in [7, 11) is 0. The quantitative estimate of drug-likeness (QED) is 0.650. The molecular formula is C14H30N2O2. The van der Waals surface area contributed by atoms with Crippen LogP contribution in [0.3, 0.4) is 0 Å². The normalized spacial score (nSPS) is 14.4. The third kappa shape index (κ3) is 4.25. The zero-order valence-electron chi connectivity index (χ0n) is 12.5. The molecule has 0 aromatic rings. The maximum absolute atomic E-state index is 12.4. The van der Waals surface area contributed by atoms with E-state index in [1.807, 2.05) is 13.8 Å². The SMILES string of the molecule is CCC(CC)(CN)C(=O)NC(CCO)C(C)(C)C. The van der Waals surface area contributed by atoms with Crippen molar-refractivity contribution >= 4 is 5.91 Å². The minimum Gasteiger partial charge on any atom is -0.396 e. The fraction of sp³-hybridized carbons (Fsp3) is 0.929. The maximum Gasteiger partial charge on any atom is 0.227 e. The van der Waals surface area contributed by atoms with Gasteiger partial charge in [0.1, 0.15) is 0 Å². The summed E-state index contributed by atoms with van der Waals surface area (Å²) in [5.74, 6) is 0.0170. The van der Waals surface area contributed by atoms with Crippen molar-refractivity contribution in [2.24, 2.45) is 16.6 Å². The highest BCUT2D eigenvalue weighted by Crippen LogP contribution is 2.28. The van der Waals surface area contributed by atoms with Gasteiger partial charge in [-0.2, -0.15) is 0 Å². The molecule has 0 fully saturated rings. The summed E-state index contributed by atoms with van der Waals surface area (Å²) in [6.45, 7) is 10.6. The highest BCUT2D eigenvalue weighted by Gasteiger charge is 2.36. The lowest BCUT2D eigenvalue weighted by atomic mass is 9.79. The number of hydrogen-bond acceptors (Lipinski definition) is 3. The van der Waals surface area contributed by atoms with Gasteiger partial charge in [0.15, 0.2) is 0 Å². The van der Waals surface area contributed by atoms with Crippen LogP contribution in [0.25, 0.3) is 0 Å². The van der Waals surface area contributed by atoms with E-state index in [-0.39, 0.29) is 24.0 Å². The molecule has 0 aliphatic carbocycles. The van der Waals surface area contributed by atoms with Crippen molar-refractivity contribution in [1.82, 2.24) is 5.32 Å². The van der Waals surface area contributed by atoms with Gasteiger partial charge in [0.05, 0.1) is 5.41 Å². The first-order valence-corrected chi connectivity index (χ1v) is 6.89. The molecule has 108 valence electrons. The van der Waals surface area contributed by atoms with Gasteiger partial charge in [-0.25, -0.2) is 0 Å². The third-order valence-corrected chi connectivity index (χ3v) is 3.99. The molecule has 0 radical (unpaired) electrons. The van der Waals surface area contributed by atoms with Crippen LogP contribution in [-0.4, -0.2) is 30.2 Å². The standard InChI is InChI=1S/C14H30N2O2/c1-6-14(7-2,10-15)12(18)16-11(8-9-17)13(3,4)5/h11,17H,6-10,15H2,1-5H3,(H,16,18). The van der Waals surface area contributed by atoms with Crippen molar-refractivity contribution in [2.75, 3.05) is 13.2 Å². The van der Waals surface area contributed by atoms with Crippen LogP contribution >= 0.6 is 0 Å². The predicted molar refractivity (Wildman–Crippen MR) is 75.2 cm³/mol. The lowest BCUT2D eigenvalue weighted by molar-refractivity contribution is -0.132. The average molecular weight is 258 g/mol. The second-order valence-electron chi connectivity index (χ2n) is 6.10. The molecule has 18 heavy (non-hydrogen) atoms. The van der Waals surface area contributed by atoms with E-state index in [1.165, 1.54) is 0 Å². The van der Waals surface area contributed by atoms with Crippen LogP contribution in [-0.2, 0) is 4.79 Å². The Hall–Kier alpha value is -0.610. The van der Waals surface area contributed by atoms with Crippen molar-refractivity contribution in [1.29, 1.82) is 0 Å². The number of rotatable bonds is 7. The van der Waals surface area contributed by atoms with Gasteiger partial charge in [0.2, 0.25) is 5.91 Å². The molecule has 4 heteroatoms. The summed E-state index contributed by atoms with van der Waals surface area (Å²) in [4.78, 5) is 12.4. The molecular weight excluding hydrogens is 228 g/mol. The number of carbonyl (C=O) groups is 1. The smallest absolute Gasteiger partial charge is 0.227 e. The number of carbonyl (C=O) groups excluding carboxylic acids is 1. The molecule has 0 saturated heterocycles. The molecule has 0 heterocycles. The molecule has 4 nitrogen and oxygen atoms in total. The Bertz CT molecular complexity index is 247. The monoisotopic (exact) mass is 258 g/mol. The number of aliphatic hydroxyl groups excluding tert-OH is 1. The molecule has 1 unspecified atom stereocenters. The van der Waals surface area contributed by atoms with Gasteiger partial charge >= 0.3 is 0 Å². The molecule has 0 aromatic heterocycles. The first-order chi connectivity index (χ1) is 8.27. The molecule has 0 aliphatic heterocycles. The first-order valence-electron chi connectivity index (χ1n) is 6.89. The lowest BCUT2D eigenvalue weighted by Crippen LogP contribution is -2.52. The average Bonchev–Trinajstić information content (AvgIpc) is 2.30. The summed E-state index contributed by atoms with van der Waals surface area (Å²) < 4.78 is 0. The summed E-state index contributed by atoms with van der Waals surface area (Å²) in [6.07, 6.45) is 2.05. The Kier molecular flexibility index (Phi) is 6.86. The number of hydrogen-bond donors (Lipinski definition) is 3. The second-order valence-corrected chi connectivity index (χ2v) is 6.10. The Morgan fingerprint density at radius 2 is 1.78 bits per heavy atom. The van der Waals surface area contributed by atoms with Crippen LogP contribution < -0.4 is 11.1 Å². The van der Waals surface area contributed by atoms with E-state index in [1.54, 1.807) is 0 Å². The van der Waals surface area contributed by atoms with Gasteiger partial charge in [-0.1, -0.05) is 34.6 Å². The van der Waals surface area contributed by atoms with E-state index in [4.69, 9.17) is 10.8 Å². The van der Waals surface area contributed by atoms with E-state index < -0.39 is 5.41 Å². The second kappa shape index (κ2) is 7.10. The highest BCUT2D eigenvalue weighted by molar-refractivity contribution is 5.83. The Morgan fingerprint density at radius 1 is 1.28 bits per heavy atom. The Morgan fingerprint density at radius 3 is 2.06 bits per heavy atom. The van der Waals surface area contributed by atoms with Gasteiger partial charge in [-0.15, -0.1) is 0 Å². The van der Waals surface area contributed by atoms with Crippen LogP contribution in [0.2, 0.25) is 0 Å². The van der Waals surface area contributed by atoms with Gasteiger partial charge < -0.3 is 16.2 Å². The minimum absolute atomic E-state index is 0.0170. The van der Waals surface area contributed by atoms with Crippen molar-refractivity contribution in [2.45, 2.75) is 59.9 Å². The molecule has 1 atom stereocenters. The van der Waals surface area contributed by atoms with Crippen LogP contribution in [0.1, 0.15) is 53.9 Å². The fourth-order valence-electron chi connectivity index (χ4n) is 2.11. The van der Waals surface area contributed by atoms with Crippen LogP contribution in [0.4, 0.5) is 0 Å². The predicted octanol–water partition coefficient (Wildman–Crippen LogP) is 1.66. The molecule has 0 bridgehead atoms. The maximum atomic E-state index is 12.4. The number of aliphatic hydroxyl groups is 1. The molecule has 1 amide bonds. The van der Waals surface area contributed by atoms with E-state index in [2.05, 4.69) is 26.1 Å². The van der Waals surface area contributed by atoms with E-state index in [9.17, 15) is 4.79 Å². The van der Waals surface area contributed by atoms with Crippen LogP contribution in [0.15, 0.2) is 0 Å². The lowest BCUT2D eigenvalue weighted by Gasteiger charge is -2.36.